The molecule has 6 aromatic rings. The van der Waals surface area contributed by atoms with Gasteiger partial charge in [0.2, 0.25) is 0 Å². The van der Waals surface area contributed by atoms with E-state index < -0.39 is 5.63 Å². The zero-order valence-corrected chi connectivity index (χ0v) is 15.9. The van der Waals surface area contributed by atoms with E-state index in [1.165, 1.54) is 0 Å². The van der Waals surface area contributed by atoms with Crippen LogP contribution in [0, 0.1) is 0 Å². The average molecular weight is 388 g/mol. The van der Waals surface area contributed by atoms with Crippen molar-refractivity contribution in [2.75, 3.05) is 0 Å². The lowest BCUT2D eigenvalue weighted by atomic mass is 9.96. The minimum atomic E-state index is -0.428. The van der Waals surface area contributed by atoms with Crippen LogP contribution in [0.1, 0.15) is 0 Å². The Morgan fingerprint density at radius 2 is 1.50 bits per heavy atom. The average Bonchev–Trinajstić information content (AvgIpc) is 3.23. The first kappa shape index (κ1) is 16.7. The Balaban J connectivity index is 1.79. The van der Waals surface area contributed by atoms with Crippen LogP contribution >= 0.6 is 0 Å². The summed E-state index contributed by atoms with van der Waals surface area (Å²) in [7, 11) is 0. The van der Waals surface area contributed by atoms with E-state index in [9.17, 15) is 4.79 Å². The Morgan fingerprint density at radius 3 is 2.37 bits per heavy atom. The van der Waals surface area contributed by atoms with Gasteiger partial charge in [-0.05, 0) is 29.3 Å². The SMILES string of the molecule is O=c1oc2ccccc2c2c(-c3ccccc3)cc(-c3c[nH]c4ccccc34)nc12. The predicted octanol–water partition coefficient (Wildman–Crippen LogP) is 6.16. The number of benzene rings is 3. The van der Waals surface area contributed by atoms with Crippen molar-refractivity contribution in [3.8, 4) is 22.4 Å². The van der Waals surface area contributed by atoms with Crippen LogP contribution in [0.5, 0.6) is 0 Å². The van der Waals surface area contributed by atoms with Gasteiger partial charge in [-0.1, -0.05) is 66.7 Å². The zero-order chi connectivity index (χ0) is 20.1. The number of H-pyrrole nitrogens is 1. The number of pyridine rings is 1. The van der Waals surface area contributed by atoms with Gasteiger partial charge in [0.15, 0.2) is 5.52 Å². The van der Waals surface area contributed by atoms with Crippen LogP contribution < -0.4 is 5.63 Å². The first-order valence-corrected chi connectivity index (χ1v) is 9.78. The summed E-state index contributed by atoms with van der Waals surface area (Å²) < 4.78 is 5.60. The minimum Gasteiger partial charge on any atom is -0.421 e. The molecule has 3 aromatic heterocycles. The lowest BCUT2D eigenvalue weighted by molar-refractivity contribution is 0.568. The number of aromatic amines is 1. The van der Waals surface area contributed by atoms with Gasteiger partial charge in [0.05, 0.1) is 5.69 Å². The normalized spacial score (nSPS) is 11.5. The molecule has 0 atom stereocenters. The van der Waals surface area contributed by atoms with Gasteiger partial charge < -0.3 is 9.40 Å². The van der Waals surface area contributed by atoms with Gasteiger partial charge in [-0.3, -0.25) is 0 Å². The molecule has 0 spiro atoms. The Labute approximate surface area is 171 Å². The maximum atomic E-state index is 12.9. The molecule has 3 aromatic carbocycles. The van der Waals surface area contributed by atoms with Crippen molar-refractivity contribution in [1.82, 2.24) is 9.97 Å². The summed E-state index contributed by atoms with van der Waals surface area (Å²) in [5, 5.41) is 2.76. The molecule has 0 radical (unpaired) electrons. The lowest BCUT2D eigenvalue weighted by Gasteiger charge is -2.11. The Hall–Kier alpha value is -4.18. The Morgan fingerprint density at radius 1 is 0.767 bits per heavy atom. The monoisotopic (exact) mass is 388 g/mol. The van der Waals surface area contributed by atoms with Gasteiger partial charge in [-0.2, -0.15) is 0 Å². The second-order valence-electron chi connectivity index (χ2n) is 7.28. The second kappa shape index (κ2) is 6.42. The highest BCUT2D eigenvalue weighted by Gasteiger charge is 2.17. The molecule has 0 saturated heterocycles. The lowest BCUT2D eigenvalue weighted by Crippen LogP contribution is -2.04. The summed E-state index contributed by atoms with van der Waals surface area (Å²) >= 11 is 0. The largest absolute Gasteiger partial charge is 0.421 e. The molecule has 6 rings (SSSR count). The topological polar surface area (TPSA) is 58.9 Å². The van der Waals surface area contributed by atoms with E-state index in [-0.39, 0.29) is 0 Å². The van der Waals surface area contributed by atoms with Crippen molar-refractivity contribution in [3.63, 3.8) is 0 Å². The van der Waals surface area contributed by atoms with Crippen molar-refractivity contribution in [2.45, 2.75) is 0 Å². The van der Waals surface area contributed by atoms with Crippen LogP contribution in [0.25, 0.3) is 55.2 Å². The number of rotatable bonds is 2. The van der Waals surface area contributed by atoms with E-state index in [2.05, 4.69) is 29.2 Å². The number of para-hydroxylation sites is 2. The molecule has 0 saturated carbocycles. The highest BCUT2D eigenvalue weighted by atomic mass is 16.4. The van der Waals surface area contributed by atoms with Crippen LogP contribution in [0.15, 0.2) is 100 Å². The summed E-state index contributed by atoms with van der Waals surface area (Å²) in [6.07, 6.45) is 1.94. The predicted molar refractivity (Wildman–Crippen MR) is 121 cm³/mol. The van der Waals surface area contributed by atoms with Crippen LogP contribution in [-0.2, 0) is 0 Å². The van der Waals surface area contributed by atoms with Gasteiger partial charge in [-0.15, -0.1) is 0 Å². The molecule has 4 heteroatoms. The zero-order valence-electron chi connectivity index (χ0n) is 15.9. The first-order valence-electron chi connectivity index (χ1n) is 9.78. The van der Waals surface area contributed by atoms with Crippen molar-refractivity contribution >= 4 is 32.8 Å². The highest BCUT2D eigenvalue weighted by Crippen LogP contribution is 2.36. The molecular weight excluding hydrogens is 372 g/mol. The Kier molecular flexibility index (Phi) is 3.59. The van der Waals surface area contributed by atoms with Crippen molar-refractivity contribution < 1.29 is 4.42 Å². The summed E-state index contributed by atoms with van der Waals surface area (Å²) in [5.74, 6) is 0. The van der Waals surface area contributed by atoms with E-state index >= 15 is 0 Å². The number of nitrogens with zero attached hydrogens (tertiary/aromatic N) is 1. The third kappa shape index (κ3) is 2.47. The first-order chi connectivity index (χ1) is 14.8. The smallest absolute Gasteiger partial charge is 0.363 e. The van der Waals surface area contributed by atoms with Crippen LogP contribution in [0.3, 0.4) is 0 Å². The third-order valence-electron chi connectivity index (χ3n) is 5.52. The fourth-order valence-corrected chi connectivity index (χ4v) is 4.14. The molecular formula is C26H16N2O2. The van der Waals surface area contributed by atoms with Crippen molar-refractivity contribution in [2.24, 2.45) is 0 Å². The standard InChI is InChI=1S/C26H16N2O2/c29-26-25-24(18-11-5-7-13-23(18)30-26)19(16-8-2-1-3-9-16)14-22(28-25)20-15-27-21-12-6-4-10-17(20)21/h1-15,27H. The van der Waals surface area contributed by atoms with Crippen LogP contribution in [0.2, 0.25) is 0 Å². The molecule has 0 bridgehead atoms. The maximum Gasteiger partial charge on any atom is 0.363 e. The summed E-state index contributed by atoms with van der Waals surface area (Å²) in [5.41, 5.74) is 5.19. The van der Waals surface area contributed by atoms with Crippen molar-refractivity contribution in [3.05, 3.63) is 102 Å². The highest BCUT2D eigenvalue weighted by molar-refractivity contribution is 6.12. The van der Waals surface area contributed by atoms with Gasteiger partial charge in [0.1, 0.15) is 5.58 Å². The summed E-state index contributed by atoms with van der Waals surface area (Å²) in [4.78, 5) is 21.0. The van der Waals surface area contributed by atoms with E-state index in [0.29, 0.717) is 11.1 Å². The molecule has 0 aliphatic rings. The summed E-state index contributed by atoms with van der Waals surface area (Å²) in [6.45, 7) is 0. The van der Waals surface area contributed by atoms with Crippen LogP contribution in [0.4, 0.5) is 0 Å². The number of hydrogen-bond donors (Lipinski definition) is 1. The van der Waals surface area contributed by atoms with E-state index in [4.69, 9.17) is 9.40 Å². The molecule has 0 unspecified atom stereocenters. The summed E-state index contributed by atoms with van der Waals surface area (Å²) in [6, 6.07) is 27.8. The van der Waals surface area contributed by atoms with Gasteiger partial charge in [-0.25, -0.2) is 9.78 Å². The second-order valence-corrected chi connectivity index (χ2v) is 7.28. The molecule has 0 amide bonds. The van der Waals surface area contributed by atoms with Gasteiger partial charge in [0.25, 0.3) is 0 Å². The Bertz CT molecular complexity index is 1610. The fourth-order valence-electron chi connectivity index (χ4n) is 4.14. The minimum absolute atomic E-state index is 0.343. The van der Waals surface area contributed by atoms with Crippen LogP contribution in [-0.4, -0.2) is 9.97 Å². The molecule has 0 fully saturated rings. The molecule has 30 heavy (non-hydrogen) atoms. The number of nitrogens with one attached hydrogen (secondary N) is 1. The van der Waals surface area contributed by atoms with Gasteiger partial charge in [0, 0.05) is 33.4 Å². The molecule has 3 heterocycles. The molecule has 1 N–H and O–H groups in total. The third-order valence-corrected chi connectivity index (χ3v) is 5.52. The molecule has 0 aliphatic heterocycles. The van der Waals surface area contributed by atoms with Gasteiger partial charge >= 0.3 is 5.63 Å². The van der Waals surface area contributed by atoms with E-state index in [1.807, 2.05) is 66.9 Å². The van der Waals surface area contributed by atoms with E-state index in [0.717, 1.165) is 44.1 Å². The molecule has 0 aliphatic carbocycles. The number of fused-ring (bicyclic) bond motifs is 4. The molecule has 142 valence electrons. The van der Waals surface area contributed by atoms with E-state index in [1.54, 1.807) is 0 Å². The maximum absolute atomic E-state index is 12.9. The van der Waals surface area contributed by atoms with Crippen molar-refractivity contribution in [1.29, 1.82) is 0 Å². The molecule has 4 nitrogen and oxygen atoms in total. The fraction of sp³-hybridized carbons (Fsp3) is 0. The number of aromatic nitrogens is 2. The quantitative estimate of drug-likeness (QED) is 0.286. The number of hydrogen-bond acceptors (Lipinski definition) is 3.